The van der Waals surface area contributed by atoms with Gasteiger partial charge < -0.3 is 39.3 Å². The van der Waals surface area contributed by atoms with E-state index in [4.69, 9.17) is 38.4 Å². The van der Waals surface area contributed by atoms with Crippen LogP contribution in [0.2, 0.25) is 0 Å². The summed E-state index contributed by atoms with van der Waals surface area (Å²) in [6, 6.07) is 0. The summed E-state index contributed by atoms with van der Waals surface area (Å²) in [5.41, 5.74) is 0. The van der Waals surface area contributed by atoms with Crippen molar-refractivity contribution in [1.82, 2.24) is 0 Å². The zero-order valence-corrected chi connectivity index (χ0v) is 15.6. The Labute approximate surface area is 155 Å². The van der Waals surface area contributed by atoms with Crippen LogP contribution >= 0.6 is 7.82 Å². The second-order valence-corrected chi connectivity index (χ2v) is 3.11. The summed E-state index contributed by atoms with van der Waals surface area (Å²) in [5, 5.41) is 0. The van der Waals surface area contributed by atoms with Crippen LogP contribution in [0.5, 0.6) is 0 Å². The largest absolute Gasteiger partial charge is 2.00 e. The molecular weight excluding hydrogens is 289 g/mol. The summed E-state index contributed by atoms with van der Waals surface area (Å²) < 4.78 is 8.88. The smallest absolute Gasteiger partial charge is 0.870 e. The van der Waals surface area contributed by atoms with Crippen molar-refractivity contribution < 1.29 is 103 Å². The summed E-state index contributed by atoms with van der Waals surface area (Å²) in [6.45, 7) is 0. The fourth-order valence-electron chi connectivity index (χ4n) is 0. The first kappa shape index (κ1) is 36.0. The van der Waals surface area contributed by atoms with Crippen LogP contribution in [0.1, 0.15) is 0 Å². The minimum absolute atomic E-state index is 0. The Bertz CT molecular complexity index is 115. The van der Waals surface area contributed by atoms with Gasteiger partial charge in [0.15, 0.2) is 0 Å². The monoisotopic (exact) mass is 294 g/mol. The van der Waals surface area contributed by atoms with E-state index >= 15 is 0 Å². The van der Waals surface area contributed by atoms with Crippen molar-refractivity contribution in [3.8, 4) is 0 Å². The Morgan fingerprint density at radius 3 is 1.00 bits per heavy atom. The fourth-order valence-corrected chi connectivity index (χ4v) is 0. The van der Waals surface area contributed by atoms with Gasteiger partial charge in [-0.3, -0.25) is 0 Å². The molecule has 14 heteroatoms. The van der Waals surface area contributed by atoms with E-state index in [0.717, 1.165) is 0 Å². The Morgan fingerprint density at radius 2 is 1.00 bits per heavy atom. The molecule has 72 valence electrons. The molecule has 14 heavy (non-hydrogen) atoms. The molecule has 0 radical (unpaired) electrons. The van der Waals surface area contributed by atoms with Gasteiger partial charge in [-0.05, 0) is 0 Å². The van der Waals surface area contributed by atoms with Crippen LogP contribution in [0.3, 0.4) is 0 Å². The first-order chi connectivity index (χ1) is 4.00. The zero-order valence-electron chi connectivity index (χ0n) is 7.52. The van der Waals surface area contributed by atoms with E-state index in [9.17, 15) is 0 Å². The molecule has 5 N–H and O–H groups in total. The second kappa shape index (κ2) is 16.4. The number of rotatable bonds is 0. The maximum Gasteiger partial charge on any atom is 2.00 e. The molecule has 0 saturated carbocycles. The third-order valence-corrected chi connectivity index (χ3v) is 0. The topological polar surface area (TPSA) is 197 Å². The molecule has 0 unspecified atom stereocenters. The average molecular weight is 294 g/mol. The van der Waals surface area contributed by atoms with E-state index in [1.807, 2.05) is 0 Å². The van der Waals surface area contributed by atoms with Gasteiger partial charge in [0.25, 0.3) is 0 Å². The van der Waals surface area contributed by atoms with Gasteiger partial charge in [0.2, 0.25) is 0 Å². The van der Waals surface area contributed by atoms with Gasteiger partial charge in [0.1, 0.15) is 0 Å². The van der Waals surface area contributed by atoms with Gasteiger partial charge in [0, 0.05) is 0 Å². The SMILES string of the molecule is O=P(O)(O)O.[Ca+2].[Na+].[Na+].[O-][Si]([O-])([O-])O.[OH-]. The summed E-state index contributed by atoms with van der Waals surface area (Å²) in [4.78, 5) is 54.6. The maximum absolute atomic E-state index is 8.88. The van der Waals surface area contributed by atoms with Crippen LogP contribution in [0.4, 0.5) is 0 Å². The van der Waals surface area contributed by atoms with E-state index in [1.165, 1.54) is 0 Å². The summed E-state index contributed by atoms with van der Waals surface area (Å²) in [7, 11) is -10.0. The second-order valence-electron chi connectivity index (χ2n) is 1.04. The van der Waals surface area contributed by atoms with Gasteiger partial charge in [-0.1, -0.05) is 0 Å². The molecular formula is H5CaNa2O9PSi. The predicted octanol–water partition coefficient (Wildman–Crippen LogP) is -12.0. The minimum atomic E-state index is -5.36. The van der Waals surface area contributed by atoms with Gasteiger partial charge in [-0.25, -0.2) is 4.57 Å². The normalized spacial score (nSPS) is 8.50. The molecule has 0 saturated heterocycles. The van der Waals surface area contributed by atoms with Gasteiger partial charge in [0.05, 0.1) is 0 Å². The third-order valence-electron chi connectivity index (χ3n) is 0. The van der Waals surface area contributed by atoms with E-state index in [-0.39, 0.29) is 102 Å². The van der Waals surface area contributed by atoms with Crippen molar-refractivity contribution in [2.45, 2.75) is 0 Å². The van der Waals surface area contributed by atoms with Crippen LogP contribution in [0, 0.1) is 0 Å². The Hall–Kier alpha value is 3.39. The molecule has 0 aliphatic carbocycles. The van der Waals surface area contributed by atoms with Crippen LogP contribution in [0.15, 0.2) is 0 Å². The van der Waals surface area contributed by atoms with Crippen LogP contribution in [0.25, 0.3) is 0 Å². The Balaban J connectivity index is -0.0000000178. The van der Waals surface area contributed by atoms with E-state index in [1.54, 1.807) is 0 Å². The van der Waals surface area contributed by atoms with Crippen LogP contribution < -0.4 is 73.5 Å². The standard InChI is InChI=1S/Ca.2Na.H3O4P.HO4Si.H2O/c;;;2*1-5(2,3)4;/h;;;(H3,1,2,3,4);1H;1H2/q+2;2*+1;;-3;/p-1. The van der Waals surface area contributed by atoms with Gasteiger partial charge >= 0.3 is 105 Å². The molecule has 0 aliphatic rings. The summed E-state index contributed by atoms with van der Waals surface area (Å²) in [6.07, 6.45) is 0. The fraction of sp³-hybridized carbons (Fsp3) is 0. The molecule has 9 nitrogen and oxygen atoms in total. The first-order valence-corrected chi connectivity index (χ1v) is 4.86. The van der Waals surface area contributed by atoms with E-state index in [2.05, 4.69) is 0 Å². The molecule has 0 aliphatic heterocycles. The molecule has 0 spiro atoms. The van der Waals surface area contributed by atoms with Crippen LogP contribution in [-0.2, 0) is 4.57 Å². The van der Waals surface area contributed by atoms with Crippen molar-refractivity contribution in [3.63, 3.8) is 0 Å². The number of phosphoric acid groups is 1. The molecule has 0 atom stereocenters. The van der Waals surface area contributed by atoms with Crippen molar-refractivity contribution in [2.24, 2.45) is 0 Å². The Morgan fingerprint density at radius 1 is 1.00 bits per heavy atom. The molecule has 0 aromatic heterocycles. The van der Waals surface area contributed by atoms with Gasteiger partial charge in [-0.15, -0.1) is 9.05 Å². The molecule has 0 aromatic carbocycles. The third kappa shape index (κ3) is 278. The molecule has 0 rings (SSSR count). The molecule has 0 bridgehead atoms. The predicted molar refractivity (Wildman–Crippen MR) is 29.9 cm³/mol. The average Bonchev–Trinajstić information content (AvgIpc) is 1.12. The van der Waals surface area contributed by atoms with Crippen molar-refractivity contribution in [3.05, 3.63) is 0 Å². The quantitative estimate of drug-likeness (QED) is 0.247. The number of hydrogen-bond donors (Lipinski definition) is 4. The van der Waals surface area contributed by atoms with E-state index in [0.29, 0.717) is 0 Å². The van der Waals surface area contributed by atoms with Crippen molar-refractivity contribution in [2.75, 3.05) is 0 Å². The molecule has 0 aromatic rings. The summed E-state index contributed by atoms with van der Waals surface area (Å²) in [5.74, 6) is 0. The molecule has 0 fully saturated rings. The maximum atomic E-state index is 8.88. The summed E-state index contributed by atoms with van der Waals surface area (Å²) >= 11 is 0. The van der Waals surface area contributed by atoms with Crippen LogP contribution in [-0.4, -0.2) is 71.7 Å². The molecule has 0 heterocycles. The molecule has 0 amide bonds. The van der Waals surface area contributed by atoms with Crippen molar-refractivity contribution >= 4 is 54.6 Å². The van der Waals surface area contributed by atoms with Crippen molar-refractivity contribution in [1.29, 1.82) is 0 Å². The minimum Gasteiger partial charge on any atom is -0.870 e. The Kier molecular flexibility index (Phi) is 42.1. The van der Waals surface area contributed by atoms with Gasteiger partial charge in [-0.2, -0.15) is 0 Å². The zero-order chi connectivity index (χ0) is 9.00. The number of hydrogen-bond acceptors (Lipinski definition) is 6. The first-order valence-electron chi connectivity index (χ1n) is 1.62. The van der Waals surface area contributed by atoms with E-state index < -0.39 is 16.9 Å².